The second-order valence-electron chi connectivity index (χ2n) is 5.93. The fraction of sp³-hybridized carbons (Fsp3) is 0.412. The van der Waals surface area contributed by atoms with Crippen molar-refractivity contribution in [3.63, 3.8) is 0 Å². The molecule has 0 unspecified atom stereocenters. The van der Waals surface area contributed by atoms with Crippen LogP contribution in [0.4, 0.5) is 5.82 Å². The van der Waals surface area contributed by atoms with Crippen LogP contribution in [0, 0.1) is 0 Å². The highest BCUT2D eigenvalue weighted by atomic mass is 16.7. The molecule has 3 heterocycles. The molecular formula is C17H19N3O4. The van der Waals surface area contributed by atoms with Crippen molar-refractivity contribution in [2.45, 2.75) is 38.8 Å². The highest BCUT2D eigenvalue weighted by Crippen LogP contribution is 2.35. The lowest BCUT2D eigenvalue weighted by atomic mass is 10.2. The molecule has 1 aromatic heterocycles. The molecule has 0 radical (unpaired) electrons. The molecule has 0 saturated heterocycles. The zero-order valence-corrected chi connectivity index (χ0v) is 13.4. The van der Waals surface area contributed by atoms with Crippen LogP contribution in [0.15, 0.2) is 24.4 Å². The van der Waals surface area contributed by atoms with Crippen LogP contribution in [0.25, 0.3) is 0 Å². The first-order chi connectivity index (χ1) is 11.7. The largest absolute Gasteiger partial charge is 0.481 e. The van der Waals surface area contributed by atoms with Crippen molar-refractivity contribution in [2.24, 2.45) is 0 Å². The normalized spacial score (nSPS) is 16.4. The van der Waals surface area contributed by atoms with Gasteiger partial charge in [-0.3, -0.25) is 4.79 Å². The maximum atomic E-state index is 12.4. The molecule has 0 aliphatic carbocycles. The number of anilines is 1. The summed E-state index contributed by atoms with van der Waals surface area (Å²) in [7, 11) is 0. The summed E-state index contributed by atoms with van der Waals surface area (Å²) in [5, 5.41) is 2.90. The SMILES string of the molecule is C[C@H](Oc1ccc2c(c1)OCO2)C(=O)Nc1cnc2n1CCCC2. The maximum absolute atomic E-state index is 12.4. The molecule has 2 aliphatic heterocycles. The maximum Gasteiger partial charge on any atom is 0.266 e. The second kappa shape index (κ2) is 6.07. The lowest BCUT2D eigenvalue weighted by Crippen LogP contribution is -2.31. The van der Waals surface area contributed by atoms with Crippen LogP contribution in [0.3, 0.4) is 0 Å². The standard InChI is InChI=1S/C17H19N3O4/c1-11(24-12-5-6-13-14(8-12)23-10-22-13)17(21)19-16-9-18-15-4-2-3-7-20(15)16/h5-6,8-9,11H,2-4,7,10H2,1H3,(H,19,21)/t11-/m0/s1. The number of ether oxygens (including phenoxy) is 3. The summed E-state index contributed by atoms with van der Waals surface area (Å²) in [6.45, 7) is 2.82. The molecule has 1 atom stereocenters. The fourth-order valence-electron chi connectivity index (χ4n) is 2.95. The van der Waals surface area contributed by atoms with Gasteiger partial charge in [0.05, 0.1) is 6.20 Å². The molecule has 2 aromatic rings. The van der Waals surface area contributed by atoms with Crippen molar-refractivity contribution in [3.8, 4) is 17.2 Å². The Bertz CT molecular complexity index is 771. The number of nitrogens with one attached hydrogen (secondary N) is 1. The van der Waals surface area contributed by atoms with E-state index in [0.29, 0.717) is 17.2 Å². The number of hydrogen-bond donors (Lipinski definition) is 1. The van der Waals surface area contributed by atoms with E-state index < -0.39 is 6.10 Å². The molecule has 2 aliphatic rings. The Labute approximate surface area is 139 Å². The Morgan fingerprint density at radius 3 is 3.12 bits per heavy atom. The highest BCUT2D eigenvalue weighted by molar-refractivity contribution is 5.93. The van der Waals surface area contributed by atoms with E-state index in [1.165, 1.54) is 0 Å². The smallest absolute Gasteiger partial charge is 0.266 e. The summed E-state index contributed by atoms with van der Waals surface area (Å²) in [6, 6.07) is 5.26. The predicted molar refractivity (Wildman–Crippen MR) is 86.4 cm³/mol. The van der Waals surface area contributed by atoms with Gasteiger partial charge in [0.25, 0.3) is 5.91 Å². The van der Waals surface area contributed by atoms with Crippen molar-refractivity contribution in [1.29, 1.82) is 0 Å². The average Bonchev–Trinajstić information content (AvgIpc) is 3.21. The molecule has 1 aromatic carbocycles. The Hall–Kier alpha value is -2.70. The number of imidazole rings is 1. The first-order valence-corrected chi connectivity index (χ1v) is 8.12. The molecule has 1 amide bonds. The number of benzene rings is 1. The quantitative estimate of drug-likeness (QED) is 0.932. The minimum absolute atomic E-state index is 0.207. The number of rotatable bonds is 4. The monoisotopic (exact) mass is 329 g/mol. The number of aromatic nitrogens is 2. The summed E-state index contributed by atoms with van der Waals surface area (Å²) in [5.74, 6) is 3.44. The zero-order chi connectivity index (χ0) is 16.5. The number of carbonyl (C=O) groups is 1. The number of fused-ring (bicyclic) bond motifs is 2. The number of carbonyl (C=O) groups excluding carboxylic acids is 1. The van der Waals surface area contributed by atoms with Crippen molar-refractivity contribution in [2.75, 3.05) is 12.1 Å². The van der Waals surface area contributed by atoms with E-state index in [4.69, 9.17) is 14.2 Å². The molecule has 7 nitrogen and oxygen atoms in total. The fourth-order valence-corrected chi connectivity index (χ4v) is 2.95. The third-order valence-corrected chi connectivity index (χ3v) is 4.25. The van der Waals surface area contributed by atoms with Crippen LogP contribution in [-0.2, 0) is 17.8 Å². The molecule has 0 fully saturated rings. The van der Waals surface area contributed by atoms with Gasteiger partial charge in [0.1, 0.15) is 17.4 Å². The summed E-state index contributed by atoms with van der Waals surface area (Å²) in [5.41, 5.74) is 0. The second-order valence-corrected chi connectivity index (χ2v) is 5.93. The first-order valence-electron chi connectivity index (χ1n) is 8.12. The van der Waals surface area contributed by atoms with Gasteiger partial charge in [0.15, 0.2) is 17.6 Å². The van der Waals surface area contributed by atoms with Gasteiger partial charge in [-0.1, -0.05) is 0 Å². The molecule has 0 spiro atoms. The van der Waals surface area contributed by atoms with Crippen LogP contribution < -0.4 is 19.5 Å². The molecule has 0 saturated carbocycles. The number of amides is 1. The lowest BCUT2D eigenvalue weighted by molar-refractivity contribution is -0.122. The van der Waals surface area contributed by atoms with Gasteiger partial charge < -0.3 is 24.1 Å². The predicted octanol–water partition coefficient (Wildman–Crippen LogP) is 2.35. The van der Waals surface area contributed by atoms with E-state index in [-0.39, 0.29) is 12.7 Å². The number of hydrogen-bond acceptors (Lipinski definition) is 5. The molecule has 1 N–H and O–H groups in total. The minimum atomic E-state index is -0.639. The minimum Gasteiger partial charge on any atom is -0.481 e. The molecule has 7 heteroatoms. The summed E-state index contributed by atoms with van der Waals surface area (Å²) in [4.78, 5) is 16.8. The zero-order valence-electron chi connectivity index (χ0n) is 13.4. The van der Waals surface area contributed by atoms with Gasteiger partial charge in [-0.2, -0.15) is 0 Å². The van der Waals surface area contributed by atoms with Crippen LogP contribution in [-0.4, -0.2) is 28.4 Å². The van der Waals surface area contributed by atoms with E-state index in [2.05, 4.69) is 14.9 Å². The van der Waals surface area contributed by atoms with Crippen LogP contribution in [0.2, 0.25) is 0 Å². The van der Waals surface area contributed by atoms with E-state index in [1.54, 1.807) is 31.3 Å². The van der Waals surface area contributed by atoms with Gasteiger partial charge in [0, 0.05) is 19.0 Å². The van der Waals surface area contributed by atoms with Gasteiger partial charge in [-0.15, -0.1) is 0 Å². The summed E-state index contributed by atoms with van der Waals surface area (Å²) < 4.78 is 18.4. The van der Waals surface area contributed by atoms with Gasteiger partial charge in [-0.25, -0.2) is 4.98 Å². The van der Waals surface area contributed by atoms with E-state index in [9.17, 15) is 4.79 Å². The molecule has 126 valence electrons. The summed E-state index contributed by atoms with van der Waals surface area (Å²) in [6.07, 6.45) is 4.29. The van der Waals surface area contributed by atoms with Gasteiger partial charge >= 0.3 is 0 Å². The Morgan fingerprint density at radius 1 is 1.33 bits per heavy atom. The molecule has 24 heavy (non-hydrogen) atoms. The van der Waals surface area contributed by atoms with Crippen molar-refractivity contribution < 1.29 is 19.0 Å². The van der Waals surface area contributed by atoms with Crippen molar-refractivity contribution >= 4 is 11.7 Å². The highest BCUT2D eigenvalue weighted by Gasteiger charge is 2.21. The molecular weight excluding hydrogens is 310 g/mol. The average molecular weight is 329 g/mol. The van der Waals surface area contributed by atoms with Crippen LogP contribution >= 0.6 is 0 Å². The molecule has 4 rings (SSSR count). The van der Waals surface area contributed by atoms with Gasteiger partial charge in [-0.05, 0) is 31.9 Å². The van der Waals surface area contributed by atoms with Gasteiger partial charge in [0.2, 0.25) is 6.79 Å². The Morgan fingerprint density at radius 2 is 2.21 bits per heavy atom. The Balaban J connectivity index is 1.42. The summed E-state index contributed by atoms with van der Waals surface area (Å²) >= 11 is 0. The Kier molecular flexibility index (Phi) is 3.76. The first kappa shape index (κ1) is 14.9. The van der Waals surface area contributed by atoms with Crippen LogP contribution in [0.1, 0.15) is 25.6 Å². The number of aryl methyl sites for hydroxylation is 1. The van der Waals surface area contributed by atoms with Crippen LogP contribution in [0.5, 0.6) is 17.2 Å². The van der Waals surface area contributed by atoms with E-state index in [1.807, 2.05) is 0 Å². The number of nitrogens with zero attached hydrogens (tertiary/aromatic N) is 2. The molecule has 0 bridgehead atoms. The lowest BCUT2D eigenvalue weighted by Gasteiger charge is -2.18. The topological polar surface area (TPSA) is 74.6 Å². The van der Waals surface area contributed by atoms with Crippen molar-refractivity contribution in [1.82, 2.24) is 9.55 Å². The third kappa shape index (κ3) is 2.77. The van der Waals surface area contributed by atoms with E-state index >= 15 is 0 Å². The van der Waals surface area contributed by atoms with Crippen molar-refractivity contribution in [3.05, 3.63) is 30.2 Å². The van der Waals surface area contributed by atoms with E-state index in [0.717, 1.165) is 37.4 Å². The third-order valence-electron chi connectivity index (χ3n) is 4.25.